The van der Waals surface area contributed by atoms with E-state index in [4.69, 9.17) is 0 Å². The smallest absolute Gasteiger partial charge is 0.309 e. The van der Waals surface area contributed by atoms with Crippen LogP contribution in [0.4, 0.5) is 0 Å². The summed E-state index contributed by atoms with van der Waals surface area (Å²) in [5.41, 5.74) is 3.68. The predicted octanol–water partition coefficient (Wildman–Crippen LogP) is 1.56. The van der Waals surface area contributed by atoms with Crippen molar-refractivity contribution in [2.75, 3.05) is 7.05 Å². The first-order valence-electron chi connectivity index (χ1n) is 6.07. The summed E-state index contributed by atoms with van der Waals surface area (Å²) in [6, 6.07) is 9.93. The largest absolute Gasteiger partial charge is 0.323 e. The van der Waals surface area contributed by atoms with Gasteiger partial charge in [-0.15, -0.1) is 0 Å². The minimum absolute atomic E-state index is 0.0748. The summed E-state index contributed by atoms with van der Waals surface area (Å²) in [7, 11) is 1.91. The van der Waals surface area contributed by atoms with Crippen molar-refractivity contribution in [2.45, 2.75) is 6.04 Å². The number of fused-ring (bicyclic) bond motifs is 1. The van der Waals surface area contributed by atoms with Crippen LogP contribution < -0.4 is 11.0 Å². The zero-order valence-corrected chi connectivity index (χ0v) is 10.5. The standard InChI is InChI=1S/C14H14N4O/c1-15-13(9-4-6-16-7-5-9)10-2-3-11-12(8-10)18-14(19)17-11/h2-8,13,15H,1H3,(H2,17,18,19). The Morgan fingerprint density at radius 2 is 1.79 bits per heavy atom. The van der Waals surface area contributed by atoms with Crippen molar-refractivity contribution in [3.05, 3.63) is 64.3 Å². The molecule has 2 aromatic heterocycles. The number of benzene rings is 1. The second kappa shape index (κ2) is 4.70. The molecule has 5 nitrogen and oxygen atoms in total. The molecule has 19 heavy (non-hydrogen) atoms. The van der Waals surface area contributed by atoms with E-state index in [2.05, 4.69) is 20.3 Å². The molecule has 3 rings (SSSR count). The predicted molar refractivity (Wildman–Crippen MR) is 74.1 cm³/mol. The number of hydrogen-bond donors (Lipinski definition) is 3. The molecule has 5 heteroatoms. The Bertz CT molecular complexity index is 745. The Labute approximate surface area is 109 Å². The highest BCUT2D eigenvalue weighted by Gasteiger charge is 2.12. The second-order valence-corrected chi connectivity index (χ2v) is 4.39. The van der Waals surface area contributed by atoms with E-state index in [1.807, 2.05) is 37.4 Å². The molecule has 0 fully saturated rings. The fourth-order valence-electron chi connectivity index (χ4n) is 2.31. The van der Waals surface area contributed by atoms with Crippen LogP contribution in [0.1, 0.15) is 17.2 Å². The van der Waals surface area contributed by atoms with Crippen LogP contribution in [0, 0.1) is 0 Å². The molecule has 0 amide bonds. The maximum absolute atomic E-state index is 11.3. The summed E-state index contributed by atoms with van der Waals surface area (Å²) in [5, 5.41) is 3.28. The summed E-state index contributed by atoms with van der Waals surface area (Å²) >= 11 is 0. The highest BCUT2D eigenvalue weighted by molar-refractivity contribution is 5.75. The molecule has 0 radical (unpaired) electrons. The number of hydrogen-bond acceptors (Lipinski definition) is 3. The van der Waals surface area contributed by atoms with Crippen LogP contribution in [0.2, 0.25) is 0 Å². The molecule has 0 saturated heterocycles. The van der Waals surface area contributed by atoms with Gasteiger partial charge in [0.05, 0.1) is 17.1 Å². The van der Waals surface area contributed by atoms with Gasteiger partial charge in [-0.3, -0.25) is 4.98 Å². The molecule has 1 aromatic carbocycles. The van der Waals surface area contributed by atoms with Crippen LogP contribution in [-0.4, -0.2) is 22.0 Å². The van der Waals surface area contributed by atoms with Gasteiger partial charge in [-0.1, -0.05) is 6.07 Å². The van der Waals surface area contributed by atoms with Gasteiger partial charge >= 0.3 is 5.69 Å². The minimum atomic E-state index is -0.183. The fraction of sp³-hybridized carbons (Fsp3) is 0.143. The van der Waals surface area contributed by atoms with E-state index in [1.54, 1.807) is 12.4 Å². The zero-order chi connectivity index (χ0) is 13.2. The molecule has 96 valence electrons. The monoisotopic (exact) mass is 254 g/mol. The normalized spacial score (nSPS) is 12.7. The molecular formula is C14H14N4O. The summed E-state index contributed by atoms with van der Waals surface area (Å²) in [5.74, 6) is 0. The van der Waals surface area contributed by atoms with Gasteiger partial charge in [0.15, 0.2) is 0 Å². The molecule has 0 saturated carbocycles. The Kier molecular flexibility index (Phi) is 2.89. The molecule has 0 spiro atoms. The van der Waals surface area contributed by atoms with Crippen molar-refractivity contribution >= 4 is 11.0 Å². The van der Waals surface area contributed by atoms with Gasteiger partial charge in [-0.2, -0.15) is 0 Å². The van der Waals surface area contributed by atoms with Crippen molar-refractivity contribution in [3.63, 3.8) is 0 Å². The molecule has 3 aromatic rings. The molecule has 1 unspecified atom stereocenters. The molecular weight excluding hydrogens is 240 g/mol. The number of nitrogens with zero attached hydrogens (tertiary/aromatic N) is 1. The first-order valence-corrected chi connectivity index (χ1v) is 6.07. The lowest BCUT2D eigenvalue weighted by atomic mass is 9.99. The third-order valence-corrected chi connectivity index (χ3v) is 3.20. The lowest BCUT2D eigenvalue weighted by molar-refractivity contribution is 0.691. The third-order valence-electron chi connectivity index (χ3n) is 3.20. The summed E-state index contributed by atoms with van der Waals surface area (Å²) in [6.07, 6.45) is 3.55. The van der Waals surface area contributed by atoms with Gasteiger partial charge in [-0.05, 0) is 42.4 Å². The van der Waals surface area contributed by atoms with E-state index in [9.17, 15) is 4.79 Å². The highest BCUT2D eigenvalue weighted by atomic mass is 16.1. The highest BCUT2D eigenvalue weighted by Crippen LogP contribution is 2.23. The SMILES string of the molecule is CNC(c1ccncc1)c1ccc2[nH]c(=O)[nH]c2c1. The molecule has 0 bridgehead atoms. The number of rotatable bonds is 3. The Morgan fingerprint density at radius 1 is 1.05 bits per heavy atom. The summed E-state index contributed by atoms with van der Waals surface area (Å²) < 4.78 is 0. The van der Waals surface area contributed by atoms with Gasteiger partial charge < -0.3 is 15.3 Å². The Hall–Kier alpha value is -2.40. The van der Waals surface area contributed by atoms with Gasteiger partial charge in [0, 0.05) is 12.4 Å². The maximum atomic E-state index is 11.3. The third kappa shape index (κ3) is 2.15. The average Bonchev–Trinajstić information content (AvgIpc) is 2.80. The second-order valence-electron chi connectivity index (χ2n) is 4.39. The van der Waals surface area contributed by atoms with E-state index < -0.39 is 0 Å². The maximum Gasteiger partial charge on any atom is 0.323 e. The quantitative estimate of drug-likeness (QED) is 0.664. The van der Waals surface area contributed by atoms with E-state index in [0.717, 1.165) is 22.2 Å². The molecule has 0 aliphatic carbocycles. The lowest BCUT2D eigenvalue weighted by Crippen LogP contribution is -2.17. The Morgan fingerprint density at radius 3 is 2.53 bits per heavy atom. The first kappa shape index (κ1) is 11.7. The number of H-pyrrole nitrogens is 2. The van der Waals surface area contributed by atoms with Crippen molar-refractivity contribution < 1.29 is 0 Å². The number of aromatic amines is 2. The van der Waals surface area contributed by atoms with Crippen LogP contribution in [0.5, 0.6) is 0 Å². The van der Waals surface area contributed by atoms with E-state index >= 15 is 0 Å². The zero-order valence-electron chi connectivity index (χ0n) is 10.5. The van der Waals surface area contributed by atoms with Gasteiger partial charge in [0.1, 0.15) is 0 Å². The van der Waals surface area contributed by atoms with Crippen molar-refractivity contribution in [2.24, 2.45) is 0 Å². The molecule has 2 heterocycles. The number of aromatic nitrogens is 3. The fourth-order valence-corrected chi connectivity index (χ4v) is 2.31. The van der Waals surface area contributed by atoms with Crippen molar-refractivity contribution in [1.29, 1.82) is 0 Å². The minimum Gasteiger partial charge on any atom is -0.309 e. The van der Waals surface area contributed by atoms with Gasteiger partial charge in [-0.25, -0.2) is 4.79 Å². The van der Waals surface area contributed by atoms with E-state index in [0.29, 0.717) is 0 Å². The van der Waals surface area contributed by atoms with Crippen LogP contribution >= 0.6 is 0 Å². The van der Waals surface area contributed by atoms with Crippen molar-refractivity contribution in [3.8, 4) is 0 Å². The average molecular weight is 254 g/mol. The van der Waals surface area contributed by atoms with Crippen molar-refractivity contribution in [1.82, 2.24) is 20.3 Å². The van der Waals surface area contributed by atoms with E-state index in [-0.39, 0.29) is 11.7 Å². The summed E-state index contributed by atoms with van der Waals surface area (Å²) in [6.45, 7) is 0. The van der Waals surface area contributed by atoms with Gasteiger partial charge in [0.2, 0.25) is 0 Å². The molecule has 0 aliphatic rings. The summed E-state index contributed by atoms with van der Waals surface area (Å²) in [4.78, 5) is 20.8. The lowest BCUT2D eigenvalue weighted by Gasteiger charge is -2.16. The van der Waals surface area contributed by atoms with Crippen LogP contribution in [-0.2, 0) is 0 Å². The Balaban J connectivity index is 2.08. The van der Waals surface area contributed by atoms with Crippen LogP contribution in [0.15, 0.2) is 47.5 Å². The van der Waals surface area contributed by atoms with Crippen LogP contribution in [0.25, 0.3) is 11.0 Å². The van der Waals surface area contributed by atoms with E-state index in [1.165, 1.54) is 0 Å². The number of pyridine rings is 1. The molecule has 1 atom stereocenters. The number of imidazole rings is 1. The topological polar surface area (TPSA) is 73.6 Å². The molecule has 0 aliphatic heterocycles. The molecule has 3 N–H and O–H groups in total. The van der Waals surface area contributed by atoms with Crippen LogP contribution in [0.3, 0.4) is 0 Å². The number of nitrogens with one attached hydrogen (secondary N) is 3. The first-order chi connectivity index (χ1) is 9.28. The van der Waals surface area contributed by atoms with Gasteiger partial charge in [0.25, 0.3) is 0 Å².